The zero-order valence-electron chi connectivity index (χ0n) is 10.8. The van der Waals surface area contributed by atoms with Gasteiger partial charge in [0.15, 0.2) is 0 Å². The molecule has 0 aliphatic carbocycles. The quantitative estimate of drug-likeness (QED) is 0.593. The summed E-state index contributed by atoms with van der Waals surface area (Å²) < 4.78 is 13.1. The molecule has 0 heterocycles. The van der Waals surface area contributed by atoms with Gasteiger partial charge in [0.2, 0.25) is 0 Å². The summed E-state index contributed by atoms with van der Waals surface area (Å²) in [6, 6.07) is 12.9. The van der Waals surface area contributed by atoms with Crippen LogP contribution in [0.5, 0.6) is 0 Å². The number of hydrogen-bond donors (Lipinski definition) is 0. The van der Waals surface area contributed by atoms with Crippen molar-refractivity contribution in [2.45, 2.75) is 24.6 Å². The number of rotatable bonds is 3. The molecule has 2 aromatic carbocycles. The Hall–Kier alpha value is -0.860. The zero-order valence-corrected chi connectivity index (χ0v) is 13.2. The fourth-order valence-corrected chi connectivity index (χ4v) is 3.05. The Morgan fingerprint density at radius 3 is 2.11 bits per heavy atom. The molecule has 0 saturated heterocycles. The summed E-state index contributed by atoms with van der Waals surface area (Å²) in [5, 5.41) is 0.440. The Kier molecular flexibility index (Phi) is 4.64. The maximum absolute atomic E-state index is 13.1. The number of halogens is 3. The van der Waals surface area contributed by atoms with E-state index in [0.29, 0.717) is 10.9 Å². The lowest BCUT2D eigenvalue weighted by atomic mass is 9.99. The van der Waals surface area contributed by atoms with Gasteiger partial charge < -0.3 is 0 Å². The van der Waals surface area contributed by atoms with E-state index < -0.39 is 0 Å². The van der Waals surface area contributed by atoms with Crippen molar-refractivity contribution in [2.24, 2.45) is 0 Å². The molecule has 0 fully saturated rings. The smallest absolute Gasteiger partial charge is 0.124 e. The lowest BCUT2D eigenvalue weighted by Crippen LogP contribution is -1.95. The molecule has 0 bridgehead atoms. The molecule has 2 aromatic rings. The van der Waals surface area contributed by atoms with Crippen LogP contribution in [-0.2, 0) is 0 Å². The van der Waals surface area contributed by atoms with Gasteiger partial charge in [0.05, 0.1) is 4.83 Å². The third-order valence-electron chi connectivity index (χ3n) is 3.13. The third kappa shape index (κ3) is 3.37. The van der Waals surface area contributed by atoms with E-state index in [1.54, 1.807) is 6.07 Å². The molecule has 1 atom stereocenters. The Morgan fingerprint density at radius 2 is 1.58 bits per heavy atom. The highest BCUT2D eigenvalue weighted by Gasteiger charge is 2.14. The predicted octanol–water partition coefficient (Wildman–Crippen LogP) is 6.09. The van der Waals surface area contributed by atoms with Crippen LogP contribution in [0.2, 0.25) is 5.02 Å². The van der Waals surface area contributed by atoms with Gasteiger partial charge in [-0.05, 0) is 34.7 Å². The maximum Gasteiger partial charge on any atom is 0.124 e. The Balaban J connectivity index is 2.30. The molecule has 19 heavy (non-hydrogen) atoms. The van der Waals surface area contributed by atoms with Crippen LogP contribution in [0.1, 0.15) is 41.3 Å². The van der Waals surface area contributed by atoms with Gasteiger partial charge in [0.1, 0.15) is 5.82 Å². The first kappa shape index (κ1) is 14.5. The van der Waals surface area contributed by atoms with Crippen LogP contribution in [0.3, 0.4) is 0 Å². The fourth-order valence-electron chi connectivity index (χ4n) is 1.94. The Morgan fingerprint density at radius 1 is 1.00 bits per heavy atom. The zero-order chi connectivity index (χ0) is 14.0. The van der Waals surface area contributed by atoms with Crippen molar-refractivity contribution in [3.05, 3.63) is 70.0 Å². The Labute approximate surface area is 126 Å². The average Bonchev–Trinajstić information content (AvgIpc) is 2.38. The third-order valence-corrected chi connectivity index (χ3v) is 4.48. The molecule has 2 rings (SSSR count). The van der Waals surface area contributed by atoms with Crippen LogP contribution in [-0.4, -0.2) is 0 Å². The fraction of sp³-hybridized carbons (Fsp3) is 0.250. The Bertz CT molecular complexity index is 563. The summed E-state index contributed by atoms with van der Waals surface area (Å²) in [5.74, 6) is 0.195. The number of alkyl halides is 1. The second kappa shape index (κ2) is 6.06. The predicted molar refractivity (Wildman–Crippen MR) is 82.7 cm³/mol. The minimum Gasteiger partial charge on any atom is -0.207 e. The van der Waals surface area contributed by atoms with Gasteiger partial charge in [-0.3, -0.25) is 0 Å². The van der Waals surface area contributed by atoms with E-state index >= 15 is 0 Å². The van der Waals surface area contributed by atoms with E-state index in [2.05, 4.69) is 54.0 Å². The molecule has 0 spiro atoms. The summed E-state index contributed by atoms with van der Waals surface area (Å²) in [6.07, 6.45) is 0. The van der Waals surface area contributed by atoms with Gasteiger partial charge in [-0.1, -0.05) is 71.7 Å². The van der Waals surface area contributed by atoms with Crippen LogP contribution in [0.15, 0.2) is 42.5 Å². The highest BCUT2D eigenvalue weighted by molar-refractivity contribution is 9.09. The van der Waals surface area contributed by atoms with Crippen molar-refractivity contribution < 1.29 is 4.39 Å². The van der Waals surface area contributed by atoms with Crippen LogP contribution in [0, 0.1) is 5.82 Å². The van der Waals surface area contributed by atoms with Gasteiger partial charge in [-0.15, -0.1) is 0 Å². The van der Waals surface area contributed by atoms with Crippen LogP contribution in [0.25, 0.3) is 0 Å². The van der Waals surface area contributed by atoms with Gasteiger partial charge in [-0.2, -0.15) is 0 Å². The monoisotopic (exact) mass is 340 g/mol. The molecule has 0 aliphatic rings. The first-order valence-corrected chi connectivity index (χ1v) is 7.47. The van der Waals surface area contributed by atoms with Crippen molar-refractivity contribution in [1.82, 2.24) is 0 Å². The molecule has 3 heteroatoms. The molecule has 0 aromatic heterocycles. The summed E-state index contributed by atoms with van der Waals surface area (Å²) in [7, 11) is 0. The minimum atomic E-state index is -0.316. The molecule has 100 valence electrons. The van der Waals surface area contributed by atoms with Gasteiger partial charge >= 0.3 is 0 Å². The first-order chi connectivity index (χ1) is 8.99. The topological polar surface area (TPSA) is 0 Å². The van der Waals surface area contributed by atoms with Crippen molar-refractivity contribution in [1.29, 1.82) is 0 Å². The maximum atomic E-state index is 13.1. The summed E-state index contributed by atoms with van der Waals surface area (Å²) >= 11 is 9.71. The van der Waals surface area contributed by atoms with Crippen molar-refractivity contribution in [3.63, 3.8) is 0 Å². The molecule has 0 amide bonds. The molecule has 0 nitrogen and oxygen atoms in total. The van der Waals surface area contributed by atoms with Gasteiger partial charge in [0, 0.05) is 5.02 Å². The lowest BCUT2D eigenvalue weighted by molar-refractivity contribution is 0.627. The molecule has 0 N–H and O–H groups in total. The molecule has 0 saturated carbocycles. The minimum absolute atomic E-state index is 0.0261. The molecular weight excluding hydrogens is 327 g/mol. The molecular formula is C16H15BrClF. The summed E-state index contributed by atoms with van der Waals surface area (Å²) in [4.78, 5) is -0.0261. The van der Waals surface area contributed by atoms with Crippen molar-refractivity contribution >= 4 is 27.5 Å². The standard InChI is InChI=1S/C16H15BrClF/c1-10(2)11-3-5-12(6-4-11)16(17)14-8-7-13(19)9-15(14)18/h3-10,16H,1-2H3. The molecule has 0 radical (unpaired) electrons. The highest BCUT2D eigenvalue weighted by Crippen LogP contribution is 2.35. The van der Waals surface area contributed by atoms with E-state index in [0.717, 1.165) is 11.1 Å². The van der Waals surface area contributed by atoms with Crippen molar-refractivity contribution in [3.8, 4) is 0 Å². The van der Waals surface area contributed by atoms with Crippen LogP contribution >= 0.6 is 27.5 Å². The van der Waals surface area contributed by atoms with E-state index in [1.807, 2.05) is 0 Å². The van der Waals surface area contributed by atoms with Crippen molar-refractivity contribution in [2.75, 3.05) is 0 Å². The van der Waals surface area contributed by atoms with E-state index in [4.69, 9.17) is 11.6 Å². The van der Waals surface area contributed by atoms with Gasteiger partial charge in [0.25, 0.3) is 0 Å². The second-order valence-corrected chi connectivity index (χ2v) is 6.17. The normalized spacial score (nSPS) is 12.7. The number of hydrogen-bond acceptors (Lipinski definition) is 0. The largest absolute Gasteiger partial charge is 0.207 e. The highest BCUT2D eigenvalue weighted by atomic mass is 79.9. The van der Waals surface area contributed by atoms with Gasteiger partial charge in [-0.25, -0.2) is 4.39 Å². The lowest BCUT2D eigenvalue weighted by Gasteiger charge is -2.14. The average molecular weight is 342 g/mol. The molecule has 0 aliphatic heterocycles. The van der Waals surface area contributed by atoms with E-state index in [9.17, 15) is 4.39 Å². The van der Waals surface area contributed by atoms with Crippen LogP contribution < -0.4 is 0 Å². The summed E-state index contributed by atoms with van der Waals surface area (Å²) in [6.45, 7) is 4.33. The number of benzene rings is 2. The SMILES string of the molecule is CC(C)c1ccc(C(Br)c2ccc(F)cc2Cl)cc1. The summed E-state index contributed by atoms with van der Waals surface area (Å²) in [5.41, 5.74) is 3.28. The molecule has 1 unspecified atom stereocenters. The van der Waals surface area contributed by atoms with Crippen LogP contribution in [0.4, 0.5) is 4.39 Å². The van der Waals surface area contributed by atoms with E-state index in [1.165, 1.54) is 17.7 Å². The van der Waals surface area contributed by atoms with E-state index in [-0.39, 0.29) is 10.6 Å². The second-order valence-electron chi connectivity index (χ2n) is 4.85. The first-order valence-electron chi connectivity index (χ1n) is 6.18.